The fourth-order valence-electron chi connectivity index (χ4n) is 1.89. The molecule has 2 aromatic rings. The highest BCUT2D eigenvalue weighted by atomic mass is 19.4. The fraction of sp³-hybridized carbons (Fsp3) is 0.133. The molecule has 0 saturated heterocycles. The number of alkyl halides is 5. The average Bonchev–Trinajstić information content (AvgIpc) is 2.45. The first-order chi connectivity index (χ1) is 9.82. The smallest absolute Gasteiger partial charge is 0.298 e. The van der Waals surface area contributed by atoms with Gasteiger partial charge in [0, 0.05) is 11.1 Å². The second kappa shape index (κ2) is 5.63. The Hall–Kier alpha value is -2.24. The van der Waals surface area contributed by atoms with Crippen LogP contribution in [0.4, 0.5) is 22.0 Å². The Labute approximate surface area is 117 Å². The molecule has 2 aromatic carbocycles. The molecule has 2 rings (SSSR count). The van der Waals surface area contributed by atoms with Crippen LogP contribution in [0.3, 0.4) is 0 Å². The predicted octanol–water partition coefficient (Wildman–Crippen LogP) is 5.12. The van der Waals surface area contributed by atoms with E-state index in [0.29, 0.717) is 6.29 Å². The molecule has 0 amide bonds. The summed E-state index contributed by atoms with van der Waals surface area (Å²) < 4.78 is 63.0. The lowest BCUT2D eigenvalue weighted by atomic mass is 9.97. The van der Waals surface area contributed by atoms with Gasteiger partial charge in [0.2, 0.25) is 0 Å². The fourth-order valence-corrected chi connectivity index (χ4v) is 1.89. The van der Waals surface area contributed by atoms with Crippen LogP contribution in [0.1, 0.15) is 27.9 Å². The monoisotopic (exact) mass is 300 g/mol. The van der Waals surface area contributed by atoms with Gasteiger partial charge >= 0.3 is 6.18 Å². The van der Waals surface area contributed by atoms with Gasteiger partial charge in [0.05, 0.1) is 5.56 Å². The molecule has 1 nitrogen and oxygen atoms in total. The molecule has 0 fully saturated rings. The minimum Gasteiger partial charge on any atom is -0.298 e. The number of halogens is 5. The van der Waals surface area contributed by atoms with E-state index in [0.717, 1.165) is 30.3 Å². The van der Waals surface area contributed by atoms with Crippen LogP contribution in [0.25, 0.3) is 11.1 Å². The molecule has 0 atom stereocenters. The lowest BCUT2D eigenvalue weighted by Crippen LogP contribution is -2.05. The van der Waals surface area contributed by atoms with E-state index >= 15 is 0 Å². The summed E-state index contributed by atoms with van der Waals surface area (Å²) in [7, 11) is 0. The van der Waals surface area contributed by atoms with Crippen molar-refractivity contribution in [1.82, 2.24) is 0 Å². The summed E-state index contributed by atoms with van der Waals surface area (Å²) in [6, 6.07) is 7.48. The van der Waals surface area contributed by atoms with Crippen LogP contribution in [-0.2, 0) is 6.18 Å². The quantitative estimate of drug-likeness (QED) is 0.568. The van der Waals surface area contributed by atoms with Crippen molar-refractivity contribution < 1.29 is 26.7 Å². The molecule has 0 aromatic heterocycles. The summed E-state index contributed by atoms with van der Waals surface area (Å²) in [6.07, 6.45) is -6.78. The van der Waals surface area contributed by atoms with E-state index in [1.165, 1.54) is 12.1 Å². The molecular weight excluding hydrogens is 291 g/mol. The number of rotatable bonds is 3. The maximum absolute atomic E-state index is 12.7. The molecule has 0 aliphatic carbocycles. The van der Waals surface area contributed by atoms with Crippen LogP contribution in [-0.4, -0.2) is 6.29 Å². The molecule has 0 aliphatic rings. The van der Waals surface area contributed by atoms with E-state index in [9.17, 15) is 26.7 Å². The molecule has 110 valence electrons. The van der Waals surface area contributed by atoms with E-state index in [-0.39, 0.29) is 22.3 Å². The molecule has 0 saturated carbocycles. The average molecular weight is 300 g/mol. The Kier molecular flexibility index (Phi) is 4.06. The van der Waals surface area contributed by atoms with Gasteiger partial charge in [0.25, 0.3) is 6.43 Å². The van der Waals surface area contributed by atoms with Crippen molar-refractivity contribution in [3.8, 4) is 11.1 Å². The van der Waals surface area contributed by atoms with Crippen molar-refractivity contribution >= 4 is 6.29 Å². The number of hydrogen-bond acceptors (Lipinski definition) is 1. The van der Waals surface area contributed by atoms with Crippen LogP contribution < -0.4 is 0 Å². The first kappa shape index (κ1) is 15.2. The number of carbonyl (C=O) groups is 1. The highest BCUT2D eigenvalue weighted by Crippen LogP contribution is 2.34. The van der Waals surface area contributed by atoms with Crippen molar-refractivity contribution in [3.63, 3.8) is 0 Å². The van der Waals surface area contributed by atoms with Gasteiger partial charge in [-0.1, -0.05) is 30.3 Å². The third kappa shape index (κ3) is 3.26. The zero-order valence-electron chi connectivity index (χ0n) is 10.5. The number of aldehydes is 1. The summed E-state index contributed by atoms with van der Waals surface area (Å²) in [4.78, 5) is 10.9. The van der Waals surface area contributed by atoms with Gasteiger partial charge in [-0.2, -0.15) is 13.2 Å². The van der Waals surface area contributed by atoms with Crippen molar-refractivity contribution in [2.45, 2.75) is 12.6 Å². The lowest BCUT2D eigenvalue weighted by Gasteiger charge is -2.11. The molecule has 0 spiro atoms. The van der Waals surface area contributed by atoms with E-state index < -0.39 is 18.2 Å². The Morgan fingerprint density at radius 2 is 1.57 bits per heavy atom. The standard InChI is InChI=1S/C15H9F5O/c16-14(17)10-3-1-9(2-4-10)13-7-12(15(18,19)20)6-5-11(13)8-21/h1-8,14H. The van der Waals surface area contributed by atoms with Gasteiger partial charge in [-0.25, -0.2) is 8.78 Å². The van der Waals surface area contributed by atoms with Crippen LogP contribution in [0.15, 0.2) is 42.5 Å². The van der Waals surface area contributed by atoms with E-state index in [1.54, 1.807) is 0 Å². The van der Waals surface area contributed by atoms with Crippen molar-refractivity contribution in [1.29, 1.82) is 0 Å². The Morgan fingerprint density at radius 1 is 0.952 bits per heavy atom. The van der Waals surface area contributed by atoms with Crippen LogP contribution in [0.2, 0.25) is 0 Å². The van der Waals surface area contributed by atoms with E-state index in [4.69, 9.17) is 0 Å². The minimum absolute atomic E-state index is 0.0561. The Balaban J connectivity index is 2.53. The van der Waals surface area contributed by atoms with Crippen LogP contribution >= 0.6 is 0 Å². The number of carbonyl (C=O) groups excluding carboxylic acids is 1. The largest absolute Gasteiger partial charge is 0.416 e. The number of benzene rings is 2. The second-order valence-electron chi connectivity index (χ2n) is 4.34. The van der Waals surface area contributed by atoms with E-state index in [2.05, 4.69) is 0 Å². The highest BCUT2D eigenvalue weighted by molar-refractivity contribution is 5.87. The summed E-state index contributed by atoms with van der Waals surface area (Å²) in [6.45, 7) is 0. The third-order valence-electron chi connectivity index (χ3n) is 2.98. The molecule has 0 aliphatic heterocycles. The molecular formula is C15H9F5O. The minimum atomic E-state index is -4.54. The van der Waals surface area contributed by atoms with Crippen molar-refractivity contribution in [3.05, 3.63) is 59.2 Å². The van der Waals surface area contributed by atoms with Gasteiger partial charge in [0.1, 0.15) is 0 Å². The molecule has 0 bridgehead atoms. The number of hydrogen-bond donors (Lipinski definition) is 0. The van der Waals surface area contributed by atoms with Gasteiger partial charge in [-0.15, -0.1) is 0 Å². The van der Waals surface area contributed by atoms with Gasteiger partial charge < -0.3 is 0 Å². The lowest BCUT2D eigenvalue weighted by molar-refractivity contribution is -0.137. The summed E-state index contributed by atoms with van der Waals surface area (Å²) in [5.41, 5.74) is -0.750. The van der Waals surface area contributed by atoms with Gasteiger partial charge in [-0.3, -0.25) is 4.79 Å². The summed E-state index contributed by atoms with van der Waals surface area (Å²) in [5.74, 6) is 0. The zero-order valence-corrected chi connectivity index (χ0v) is 10.5. The van der Waals surface area contributed by atoms with Crippen LogP contribution in [0.5, 0.6) is 0 Å². The highest BCUT2D eigenvalue weighted by Gasteiger charge is 2.31. The first-order valence-electron chi connectivity index (χ1n) is 5.88. The maximum Gasteiger partial charge on any atom is 0.416 e. The van der Waals surface area contributed by atoms with E-state index in [1.807, 2.05) is 0 Å². The predicted molar refractivity (Wildman–Crippen MR) is 67.2 cm³/mol. The van der Waals surface area contributed by atoms with Crippen LogP contribution in [0, 0.1) is 0 Å². The summed E-state index contributed by atoms with van der Waals surface area (Å²) >= 11 is 0. The molecule has 0 unspecified atom stereocenters. The topological polar surface area (TPSA) is 17.1 Å². The molecule has 0 radical (unpaired) electrons. The Bertz CT molecular complexity index is 644. The normalized spacial score (nSPS) is 11.7. The van der Waals surface area contributed by atoms with Crippen molar-refractivity contribution in [2.24, 2.45) is 0 Å². The first-order valence-corrected chi connectivity index (χ1v) is 5.88. The SMILES string of the molecule is O=Cc1ccc(C(F)(F)F)cc1-c1ccc(C(F)F)cc1. The third-order valence-corrected chi connectivity index (χ3v) is 2.98. The maximum atomic E-state index is 12.7. The van der Waals surface area contributed by atoms with Gasteiger partial charge in [-0.05, 0) is 23.3 Å². The Morgan fingerprint density at radius 3 is 2.05 bits per heavy atom. The summed E-state index contributed by atoms with van der Waals surface area (Å²) in [5, 5.41) is 0. The molecule has 21 heavy (non-hydrogen) atoms. The molecule has 0 N–H and O–H groups in total. The second-order valence-corrected chi connectivity index (χ2v) is 4.34. The van der Waals surface area contributed by atoms with Gasteiger partial charge in [0.15, 0.2) is 6.29 Å². The van der Waals surface area contributed by atoms with Crippen molar-refractivity contribution in [2.75, 3.05) is 0 Å². The zero-order chi connectivity index (χ0) is 15.6. The molecule has 0 heterocycles. The molecule has 6 heteroatoms.